The summed E-state index contributed by atoms with van der Waals surface area (Å²) in [5.74, 6) is 4.13. The average molecular weight is 407 g/mol. The second kappa shape index (κ2) is 9.30. The van der Waals surface area contributed by atoms with Crippen molar-refractivity contribution in [3.63, 3.8) is 0 Å². The van der Waals surface area contributed by atoms with Crippen molar-refractivity contribution in [2.24, 2.45) is 0 Å². The average Bonchev–Trinajstić information content (AvgIpc) is 3.08. The molecule has 0 bridgehead atoms. The van der Waals surface area contributed by atoms with Crippen LogP contribution >= 0.6 is 0 Å². The van der Waals surface area contributed by atoms with Gasteiger partial charge in [0.2, 0.25) is 0 Å². The molecule has 1 aromatic heterocycles. The molecule has 3 aromatic rings. The predicted octanol–water partition coefficient (Wildman–Crippen LogP) is 4.05. The molecule has 158 valence electrons. The lowest BCUT2D eigenvalue weighted by Gasteiger charge is -2.21. The Balaban J connectivity index is 1.40. The van der Waals surface area contributed by atoms with Crippen LogP contribution in [-0.4, -0.2) is 39.9 Å². The highest BCUT2D eigenvalue weighted by molar-refractivity contribution is 5.43. The Hall–Kier alpha value is -2.86. The van der Waals surface area contributed by atoms with Crippen molar-refractivity contribution < 1.29 is 9.47 Å². The molecule has 0 fully saturated rings. The Morgan fingerprint density at radius 3 is 2.53 bits per heavy atom. The SMILES string of the molecule is COc1cc(CN2CCc3nnc(C(C)C)n3CC2)ccc1OCc1ccccc1. The number of nitrogens with zero attached hydrogens (tertiary/aromatic N) is 4. The van der Waals surface area contributed by atoms with Crippen molar-refractivity contribution in [3.8, 4) is 11.5 Å². The Kier molecular flexibility index (Phi) is 6.33. The van der Waals surface area contributed by atoms with Crippen molar-refractivity contribution in [1.29, 1.82) is 0 Å². The van der Waals surface area contributed by atoms with Crippen molar-refractivity contribution in [3.05, 3.63) is 71.3 Å². The molecule has 2 heterocycles. The molecule has 0 radical (unpaired) electrons. The molecule has 0 unspecified atom stereocenters. The number of hydrogen-bond donors (Lipinski definition) is 0. The van der Waals surface area contributed by atoms with Crippen LogP contribution < -0.4 is 9.47 Å². The molecular weight excluding hydrogens is 376 g/mol. The fraction of sp³-hybridized carbons (Fsp3) is 0.417. The van der Waals surface area contributed by atoms with Crippen LogP contribution in [0, 0.1) is 0 Å². The number of methoxy groups -OCH3 is 1. The molecule has 6 heteroatoms. The summed E-state index contributed by atoms with van der Waals surface area (Å²) in [6.45, 7) is 8.65. The number of benzene rings is 2. The molecule has 0 saturated heterocycles. The Labute approximate surface area is 178 Å². The summed E-state index contributed by atoms with van der Waals surface area (Å²) in [5.41, 5.74) is 2.36. The van der Waals surface area contributed by atoms with Gasteiger partial charge in [0.05, 0.1) is 7.11 Å². The number of rotatable bonds is 7. The van der Waals surface area contributed by atoms with Crippen molar-refractivity contribution >= 4 is 0 Å². The van der Waals surface area contributed by atoms with Crippen molar-refractivity contribution in [1.82, 2.24) is 19.7 Å². The quantitative estimate of drug-likeness (QED) is 0.593. The van der Waals surface area contributed by atoms with Crippen LogP contribution in [0.3, 0.4) is 0 Å². The van der Waals surface area contributed by atoms with Gasteiger partial charge in [-0.1, -0.05) is 50.2 Å². The van der Waals surface area contributed by atoms with Gasteiger partial charge in [-0.05, 0) is 23.3 Å². The largest absolute Gasteiger partial charge is 0.493 e. The fourth-order valence-corrected chi connectivity index (χ4v) is 3.90. The van der Waals surface area contributed by atoms with Gasteiger partial charge in [0.1, 0.15) is 18.3 Å². The first-order valence-corrected chi connectivity index (χ1v) is 10.6. The lowest BCUT2D eigenvalue weighted by molar-refractivity contribution is 0.267. The van der Waals surface area contributed by atoms with Gasteiger partial charge in [-0.15, -0.1) is 10.2 Å². The minimum atomic E-state index is 0.394. The first kappa shape index (κ1) is 20.4. The van der Waals surface area contributed by atoms with Crippen molar-refractivity contribution in [2.75, 3.05) is 20.2 Å². The number of aromatic nitrogens is 3. The third-order valence-electron chi connectivity index (χ3n) is 5.54. The van der Waals surface area contributed by atoms with Crippen LogP contribution in [-0.2, 0) is 26.1 Å². The molecule has 0 atom stereocenters. The van der Waals surface area contributed by atoms with Crippen LogP contribution in [0.2, 0.25) is 0 Å². The zero-order valence-corrected chi connectivity index (χ0v) is 18.0. The summed E-state index contributed by atoms with van der Waals surface area (Å²) in [6, 6.07) is 16.4. The standard InChI is InChI=1S/C24H30N4O2/c1-18(2)24-26-25-23-11-12-27(13-14-28(23)24)16-20-9-10-21(22(15-20)29-3)30-17-19-7-5-4-6-8-19/h4-10,15,18H,11-14,16-17H2,1-3H3. The van der Waals surface area contributed by atoms with E-state index in [1.54, 1.807) is 7.11 Å². The van der Waals surface area contributed by atoms with E-state index in [-0.39, 0.29) is 0 Å². The number of ether oxygens (including phenoxy) is 2. The smallest absolute Gasteiger partial charge is 0.161 e. The Morgan fingerprint density at radius 1 is 0.933 bits per heavy atom. The lowest BCUT2D eigenvalue weighted by atomic mass is 10.1. The zero-order valence-electron chi connectivity index (χ0n) is 18.0. The maximum absolute atomic E-state index is 5.99. The monoisotopic (exact) mass is 406 g/mol. The second-order valence-electron chi connectivity index (χ2n) is 8.07. The van der Waals surface area contributed by atoms with Crippen LogP contribution in [0.1, 0.15) is 42.5 Å². The van der Waals surface area contributed by atoms with Gasteiger partial charge in [0.25, 0.3) is 0 Å². The van der Waals surface area contributed by atoms with E-state index in [0.29, 0.717) is 12.5 Å². The summed E-state index contributed by atoms with van der Waals surface area (Å²) in [4.78, 5) is 2.47. The molecule has 4 rings (SSSR count). The van der Waals surface area contributed by atoms with Crippen LogP contribution in [0.15, 0.2) is 48.5 Å². The van der Waals surface area contributed by atoms with E-state index in [1.807, 2.05) is 24.3 Å². The molecule has 0 N–H and O–H groups in total. The van der Waals surface area contributed by atoms with E-state index in [9.17, 15) is 0 Å². The van der Waals surface area contributed by atoms with Crippen LogP contribution in [0.5, 0.6) is 11.5 Å². The fourth-order valence-electron chi connectivity index (χ4n) is 3.90. The highest BCUT2D eigenvalue weighted by Crippen LogP contribution is 2.29. The van der Waals surface area contributed by atoms with E-state index in [4.69, 9.17) is 9.47 Å². The molecule has 30 heavy (non-hydrogen) atoms. The third-order valence-corrected chi connectivity index (χ3v) is 5.54. The van der Waals surface area contributed by atoms with E-state index in [1.165, 1.54) is 5.56 Å². The molecule has 2 aromatic carbocycles. The number of hydrogen-bond acceptors (Lipinski definition) is 5. The molecule has 6 nitrogen and oxygen atoms in total. The van der Waals surface area contributed by atoms with Gasteiger partial charge in [-0.3, -0.25) is 4.90 Å². The summed E-state index contributed by atoms with van der Waals surface area (Å²) >= 11 is 0. The molecular formula is C24H30N4O2. The highest BCUT2D eigenvalue weighted by atomic mass is 16.5. The summed E-state index contributed by atoms with van der Waals surface area (Å²) in [6.07, 6.45) is 0.926. The molecule has 1 aliphatic rings. The normalized spacial score (nSPS) is 14.4. The minimum absolute atomic E-state index is 0.394. The Morgan fingerprint density at radius 2 is 1.77 bits per heavy atom. The Bertz CT molecular complexity index is 969. The summed E-state index contributed by atoms with van der Waals surface area (Å²) in [7, 11) is 1.69. The first-order valence-electron chi connectivity index (χ1n) is 10.6. The lowest BCUT2D eigenvalue weighted by Crippen LogP contribution is -2.26. The van der Waals surface area contributed by atoms with Crippen molar-refractivity contribution in [2.45, 2.75) is 45.9 Å². The molecule has 0 amide bonds. The van der Waals surface area contributed by atoms with Crippen LogP contribution in [0.4, 0.5) is 0 Å². The first-order chi connectivity index (χ1) is 14.6. The van der Waals surface area contributed by atoms with E-state index >= 15 is 0 Å². The van der Waals surface area contributed by atoms with Gasteiger partial charge in [-0.2, -0.15) is 0 Å². The maximum atomic E-state index is 5.99. The van der Waals surface area contributed by atoms with Gasteiger partial charge in [0, 0.05) is 38.5 Å². The van der Waals surface area contributed by atoms with E-state index < -0.39 is 0 Å². The molecule has 0 aliphatic carbocycles. The second-order valence-corrected chi connectivity index (χ2v) is 8.07. The minimum Gasteiger partial charge on any atom is -0.493 e. The van der Waals surface area contributed by atoms with Gasteiger partial charge in [-0.25, -0.2) is 0 Å². The summed E-state index contributed by atoms with van der Waals surface area (Å²) < 4.78 is 13.9. The number of fused-ring (bicyclic) bond motifs is 1. The zero-order chi connectivity index (χ0) is 20.9. The highest BCUT2D eigenvalue weighted by Gasteiger charge is 2.20. The summed E-state index contributed by atoms with van der Waals surface area (Å²) in [5, 5.41) is 8.80. The van der Waals surface area contributed by atoms with Gasteiger partial charge < -0.3 is 14.0 Å². The van der Waals surface area contributed by atoms with Gasteiger partial charge in [0.15, 0.2) is 11.5 Å². The van der Waals surface area contributed by atoms with E-state index in [2.05, 4.69) is 57.8 Å². The maximum Gasteiger partial charge on any atom is 0.161 e. The topological polar surface area (TPSA) is 52.4 Å². The third kappa shape index (κ3) is 4.65. The van der Waals surface area contributed by atoms with Crippen LogP contribution in [0.25, 0.3) is 0 Å². The molecule has 0 spiro atoms. The predicted molar refractivity (Wildman–Crippen MR) is 117 cm³/mol. The molecule has 1 aliphatic heterocycles. The molecule has 0 saturated carbocycles. The van der Waals surface area contributed by atoms with E-state index in [0.717, 1.165) is 61.3 Å². The van der Waals surface area contributed by atoms with Gasteiger partial charge >= 0.3 is 0 Å².